The topological polar surface area (TPSA) is 75.1 Å². The van der Waals surface area contributed by atoms with Crippen molar-refractivity contribution in [2.75, 3.05) is 26.8 Å². The van der Waals surface area contributed by atoms with Gasteiger partial charge >= 0.3 is 0 Å². The highest BCUT2D eigenvalue weighted by molar-refractivity contribution is 5.80. The van der Waals surface area contributed by atoms with Crippen molar-refractivity contribution in [2.45, 2.75) is 25.5 Å². The number of fused-ring (bicyclic) bond motifs is 1. The first-order valence-corrected chi connectivity index (χ1v) is 9.30. The molecule has 0 amide bonds. The van der Waals surface area contributed by atoms with Crippen LogP contribution in [0.2, 0.25) is 0 Å². The maximum Gasteiger partial charge on any atom is 0.191 e. The number of aliphatic hydroxyl groups excluding tert-OH is 1. The molecule has 1 heterocycles. The lowest BCUT2D eigenvalue weighted by Gasteiger charge is -2.28. The average molecular weight is 369 g/mol. The highest BCUT2D eigenvalue weighted by Crippen LogP contribution is 2.31. The minimum atomic E-state index is -0.697. The first-order chi connectivity index (χ1) is 13.2. The number of nitrogens with one attached hydrogen (secondary N) is 2. The number of guanidine groups is 1. The summed E-state index contributed by atoms with van der Waals surface area (Å²) in [6.07, 6.45) is 0.164. The van der Waals surface area contributed by atoms with E-state index in [9.17, 15) is 5.11 Å². The van der Waals surface area contributed by atoms with Crippen LogP contribution in [0, 0.1) is 0 Å². The van der Waals surface area contributed by atoms with Crippen molar-refractivity contribution in [1.29, 1.82) is 0 Å². The fourth-order valence-corrected chi connectivity index (χ4v) is 3.11. The van der Waals surface area contributed by atoms with Crippen LogP contribution in [0.4, 0.5) is 0 Å². The summed E-state index contributed by atoms with van der Waals surface area (Å²) in [6, 6.07) is 15.6. The van der Waals surface area contributed by atoms with Gasteiger partial charge in [-0.2, -0.15) is 0 Å². The standard InChI is InChI=1S/C21H27N3O3/c1-3-22-21(23-14-19(25)15-7-6-8-16(13-15)26-2)24-18-11-12-27-20-10-5-4-9-17(18)20/h4-10,13,18-19,25H,3,11-12,14H2,1-2H3,(H2,22,23,24). The van der Waals surface area contributed by atoms with E-state index < -0.39 is 6.10 Å². The molecule has 0 aliphatic carbocycles. The van der Waals surface area contributed by atoms with E-state index in [1.54, 1.807) is 7.11 Å². The number of hydrogen-bond acceptors (Lipinski definition) is 4. The van der Waals surface area contributed by atoms with Crippen molar-refractivity contribution in [3.8, 4) is 11.5 Å². The van der Waals surface area contributed by atoms with Crippen LogP contribution in [-0.4, -0.2) is 37.9 Å². The summed E-state index contributed by atoms with van der Waals surface area (Å²) in [5, 5.41) is 17.2. The molecular formula is C21H27N3O3. The molecule has 144 valence electrons. The summed E-state index contributed by atoms with van der Waals surface area (Å²) >= 11 is 0. The fourth-order valence-electron chi connectivity index (χ4n) is 3.11. The smallest absolute Gasteiger partial charge is 0.191 e. The molecule has 0 saturated heterocycles. The van der Waals surface area contributed by atoms with Crippen LogP contribution >= 0.6 is 0 Å². The zero-order valence-electron chi connectivity index (χ0n) is 15.8. The van der Waals surface area contributed by atoms with Crippen LogP contribution in [-0.2, 0) is 0 Å². The van der Waals surface area contributed by atoms with Gasteiger partial charge in [-0.15, -0.1) is 0 Å². The maximum absolute atomic E-state index is 10.5. The van der Waals surface area contributed by atoms with Crippen molar-refractivity contribution in [3.63, 3.8) is 0 Å². The Hall–Kier alpha value is -2.73. The third-order valence-corrected chi connectivity index (χ3v) is 4.51. The molecule has 0 radical (unpaired) electrons. The molecule has 0 aromatic heterocycles. The number of aliphatic hydroxyl groups is 1. The number of para-hydroxylation sites is 1. The van der Waals surface area contributed by atoms with E-state index >= 15 is 0 Å². The Morgan fingerprint density at radius 1 is 1.30 bits per heavy atom. The van der Waals surface area contributed by atoms with Crippen molar-refractivity contribution < 1.29 is 14.6 Å². The lowest BCUT2D eigenvalue weighted by Crippen LogP contribution is -2.41. The second kappa shape index (κ2) is 9.28. The molecule has 2 atom stereocenters. The molecule has 1 aliphatic heterocycles. The summed E-state index contributed by atoms with van der Waals surface area (Å²) in [4.78, 5) is 4.58. The Morgan fingerprint density at radius 2 is 2.15 bits per heavy atom. The molecule has 0 bridgehead atoms. The molecule has 27 heavy (non-hydrogen) atoms. The molecule has 6 heteroatoms. The predicted octanol–water partition coefficient (Wildman–Crippen LogP) is 2.81. The fraction of sp³-hybridized carbons (Fsp3) is 0.381. The Morgan fingerprint density at radius 3 is 2.96 bits per heavy atom. The number of methoxy groups -OCH3 is 1. The summed E-state index contributed by atoms with van der Waals surface area (Å²) in [6.45, 7) is 3.69. The second-order valence-electron chi connectivity index (χ2n) is 6.38. The number of hydrogen-bond donors (Lipinski definition) is 3. The van der Waals surface area contributed by atoms with Crippen molar-refractivity contribution in [3.05, 3.63) is 59.7 Å². The maximum atomic E-state index is 10.5. The lowest BCUT2D eigenvalue weighted by molar-refractivity contribution is 0.186. The Labute approximate surface area is 160 Å². The number of aliphatic imine (C=N–C) groups is 1. The van der Waals surface area contributed by atoms with Gasteiger partial charge in [0.2, 0.25) is 0 Å². The van der Waals surface area contributed by atoms with E-state index in [-0.39, 0.29) is 12.6 Å². The first-order valence-electron chi connectivity index (χ1n) is 9.30. The van der Waals surface area contributed by atoms with Gasteiger partial charge in [0.15, 0.2) is 5.96 Å². The zero-order chi connectivity index (χ0) is 19.1. The first kappa shape index (κ1) is 19.0. The van der Waals surface area contributed by atoms with Gasteiger partial charge in [0.1, 0.15) is 11.5 Å². The summed E-state index contributed by atoms with van der Waals surface area (Å²) in [7, 11) is 1.61. The second-order valence-corrected chi connectivity index (χ2v) is 6.38. The van der Waals surface area contributed by atoms with Crippen LogP contribution in [0.15, 0.2) is 53.5 Å². The Kier molecular flexibility index (Phi) is 6.54. The quantitative estimate of drug-likeness (QED) is 0.539. The van der Waals surface area contributed by atoms with Gasteiger partial charge in [-0.05, 0) is 30.7 Å². The molecule has 6 nitrogen and oxygen atoms in total. The number of ether oxygens (including phenoxy) is 2. The molecule has 2 aromatic rings. The molecule has 1 aliphatic rings. The zero-order valence-corrected chi connectivity index (χ0v) is 15.8. The number of nitrogens with zero attached hydrogens (tertiary/aromatic N) is 1. The van der Waals surface area contributed by atoms with Gasteiger partial charge < -0.3 is 25.2 Å². The van der Waals surface area contributed by atoms with Crippen LogP contribution in [0.1, 0.15) is 36.6 Å². The van der Waals surface area contributed by atoms with Crippen LogP contribution in [0.25, 0.3) is 0 Å². The molecule has 2 unspecified atom stereocenters. The minimum Gasteiger partial charge on any atom is -0.497 e. The predicted molar refractivity (Wildman–Crippen MR) is 106 cm³/mol. The van der Waals surface area contributed by atoms with Gasteiger partial charge in [-0.25, -0.2) is 0 Å². The highest BCUT2D eigenvalue weighted by atomic mass is 16.5. The van der Waals surface area contributed by atoms with Crippen LogP contribution in [0.5, 0.6) is 11.5 Å². The molecule has 0 fully saturated rings. The largest absolute Gasteiger partial charge is 0.497 e. The SMILES string of the molecule is CCNC(=NCC(O)c1cccc(OC)c1)NC1CCOc2ccccc21. The van der Waals surface area contributed by atoms with E-state index in [2.05, 4.69) is 21.7 Å². The molecule has 3 rings (SSSR count). The number of benzene rings is 2. The third-order valence-electron chi connectivity index (χ3n) is 4.51. The molecule has 0 saturated carbocycles. The van der Waals surface area contributed by atoms with E-state index in [0.717, 1.165) is 35.6 Å². The Bertz CT molecular complexity index is 779. The van der Waals surface area contributed by atoms with E-state index in [1.165, 1.54) is 0 Å². The third kappa shape index (κ3) is 4.92. The van der Waals surface area contributed by atoms with Gasteiger partial charge in [-0.3, -0.25) is 4.99 Å². The summed E-state index contributed by atoms with van der Waals surface area (Å²) < 4.78 is 10.9. The van der Waals surface area contributed by atoms with E-state index in [4.69, 9.17) is 9.47 Å². The summed E-state index contributed by atoms with van der Waals surface area (Å²) in [5.74, 6) is 2.31. The monoisotopic (exact) mass is 369 g/mol. The van der Waals surface area contributed by atoms with Crippen LogP contribution in [0.3, 0.4) is 0 Å². The number of rotatable bonds is 6. The lowest BCUT2D eigenvalue weighted by atomic mass is 10.0. The van der Waals surface area contributed by atoms with Crippen molar-refractivity contribution >= 4 is 5.96 Å². The van der Waals surface area contributed by atoms with Gasteiger partial charge in [0.25, 0.3) is 0 Å². The van der Waals surface area contributed by atoms with Crippen molar-refractivity contribution in [1.82, 2.24) is 10.6 Å². The van der Waals surface area contributed by atoms with Gasteiger partial charge in [-0.1, -0.05) is 30.3 Å². The van der Waals surface area contributed by atoms with Gasteiger partial charge in [0, 0.05) is 18.5 Å². The molecule has 2 aromatic carbocycles. The Balaban J connectivity index is 1.70. The molecule has 3 N–H and O–H groups in total. The van der Waals surface area contributed by atoms with Crippen LogP contribution < -0.4 is 20.1 Å². The highest BCUT2D eigenvalue weighted by Gasteiger charge is 2.22. The van der Waals surface area contributed by atoms with E-state index in [0.29, 0.717) is 12.6 Å². The van der Waals surface area contributed by atoms with E-state index in [1.807, 2.05) is 49.4 Å². The van der Waals surface area contributed by atoms with Gasteiger partial charge in [0.05, 0.1) is 32.4 Å². The minimum absolute atomic E-state index is 0.127. The molecule has 0 spiro atoms. The molecular weight excluding hydrogens is 342 g/mol. The normalized spacial score (nSPS) is 17.4. The van der Waals surface area contributed by atoms with Crippen molar-refractivity contribution in [2.24, 2.45) is 4.99 Å². The summed E-state index contributed by atoms with van der Waals surface area (Å²) in [5.41, 5.74) is 1.91. The average Bonchev–Trinajstić information content (AvgIpc) is 2.72.